The number of cyclic esters (lactones) is 1. The maximum atomic E-state index is 11.9. The van der Waals surface area contributed by atoms with Crippen LogP contribution in [0.3, 0.4) is 0 Å². The first-order chi connectivity index (χ1) is 9.05. The van der Waals surface area contributed by atoms with Gasteiger partial charge in [-0.05, 0) is 12.8 Å². The van der Waals surface area contributed by atoms with Crippen LogP contribution in [0.5, 0.6) is 0 Å². The van der Waals surface area contributed by atoms with Crippen molar-refractivity contribution in [2.45, 2.75) is 44.1 Å². The molecule has 2 N–H and O–H groups in total. The van der Waals surface area contributed by atoms with Crippen molar-refractivity contribution < 1.29 is 23.8 Å². The van der Waals surface area contributed by atoms with E-state index < -0.39 is 23.8 Å². The van der Waals surface area contributed by atoms with Gasteiger partial charge in [-0.25, -0.2) is 0 Å². The molecule has 1 aliphatic carbocycles. The van der Waals surface area contributed by atoms with Gasteiger partial charge in [0.25, 0.3) is 5.91 Å². The molecule has 0 aromatic rings. The fourth-order valence-corrected chi connectivity index (χ4v) is 2.46. The van der Waals surface area contributed by atoms with Gasteiger partial charge >= 0.3 is 11.9 Å². The van der Waals surface area contributed by atoms with Gasteiger partial charge in [-0.2, -0.15) is 0 Å². The van der Waals surface area contributed by atoms with Crippen LogP contribution >= 0.6 is 0 Å². The molecule has 0 bridgehead atoms. The van der Waals surface area contributed by atoms with E-state index in [9.17, 15) is 9.59 Å². The van der Waals surface area contributed by atoms with E-state index in [4.69, 9.17) is 19.9 Å². The Morgan fingerprint density at radius 3 is 2.84 bits per heavy atom. The van der Waals surface area contributed by atoms with Crippen molar-refractivity contribution in [1.29, 1.82) is 0 Å². The number of esters is 2. The van der Waals surface area contributed by atoms with Crippen molar-refractivity contribution in [3.05, 3.63) is 12.7 Å². The number of rotatable bonds is 5. The number of nitrogens with two attached hydrogens (primary N) is 1. The molecule has 19 heavy (non-hydrogen) atoms. The summed E-state index contributed by atoms with van der Waals surface area (Å²) in [6.45, 7) is 3.53. The Bertz CT molecular complexity index is 377. The zero-order valence-electron chi connectivity index (χ0n) is 10.8. The molecule has 2 atom stereocenters. The Morgan fingerprint density at radius 1 is 1.53 bits per heavy atom. The lowest BCUT2D eigenvalue weighted by Crippen LogP contribution is -2.52. The summed E-state index contributed by atoms with van der Waals surface area (Å²) in [5, 5.41) is 0. The highest BCUT2D eigenvalue weighted by atomic mass is 16.7. The second-order valence-electron chi connectivity index (χ2n) is 4.90. The van der Waals surface area contributed by atoms with Gasteiger partial charge in [-0.1, -0.05) is 25.5 Å². The van der Waals surface area contributed by atoms with Gasteiger partial charge in [0.05, 0.1) is 12.5 Å². The molecule has 0 radical (unpaired) electrons. The van der Waals surface area contributed by atoms with Crippen LogP contribution in [-0.2, 0) is 23.8 Å². The Balaban J connectivity index is 2.04. The van der Waals surface area contributed by atoms with Crippen LogP contribution < -0.4 is 5.73 Å². The molecular weight excluding hydrogens is 250 g/mol. The van der Waals surface area contributed by atoms with Crippen molar-refractivity contribution >= 4 is 11.9 Å². The van der Waals surface area contributed by atoms with Crippen LogP contribution in [0, 0.1) is 5.92 Å². The Hall–Kier alpha value is -1.40. The minimum absolute atomic E-state index is 0.0643. The predicted molar refractivity (Wildman–Crippen MR) is 65.6 cm³/mol. The van der Waals surface area contributed by atoms with Gasteiger partial charge in [0.15, 0.2) is 0 Å². The van der Waals surface area contributed by atoms with E-state index in [2.05, 4.69) is 6.58 Å². The summed E-state index contributed by atoms with van der Waals surface area (Å²) in [4.78, 5) is 23.3. The van der Waals surface area contributed by atoms with Crippen molar-refractivity contribution in [2.24, 2.45) is 11.7 Å². The standard InChI is InChI=1S/C13H19NO5/c1-2-7-17-12(16)10-8-11(15)19-13(10,14)18-9-5-3-4-6-9/h2,9-10H,1,3-8,14H2/t10-,13?/m1/s1. The largest absolute Gasteiger partial charge is 0.461 e. The first-order valence-electron chi connectivity index (χ1n) is 6.51. The van der Waals surface area contributed by atoms with Gasteiger partial charge in [0, 0.05) is 0 Å². The zero-order valence-corrected chi connectivity index (χ0v) is 10.8. The van der Waals surface area contributed by atoms with Gasteiger partial charge in [-0.3, -0.25) is 15.3 Å². The monoisotopic (exact) mass is 269 g/mol. The SMILES string of the molecule is C=CCOC(=O)[C@H]1CC(=O)OC1(N)OC1CCCC1. The summed E-state index contributed by atoms with van der Waals surface area (Å²) in [7, 11) is 0. The molecule has 1 saturated carbocycles. The van der Waals surface area contributed by atoms with Crippen LogP contribution in [0.2, 0.25) is 0 Å². The van der Waals surface area contributed by atoms with Gasteiger partial charge in [-0.15, -0.1) is 0 Å². The van der Waals surface area contributed by atoms with E-state index in [1.807, 2.05) is 0 Å². The summed E-state index contributed by atoms with van der Waals surface area (Å²) >= 11 is 0. The Morgan fingerprint density at radius 2 is 2.21 bits per heavy atom. The van der Waals surface area contributed by atoms with E-state index in [0.29, 0.717) is 0 Å². The molecule has 1 aliphatic heterocycles. The van der Waals surface area contributed by atoms with Crippen LogP contribution in [0.15, 0.2) is 12.7 Å². The molecule has 106 valence electrons. The van der Waals surface area contributed by atoms with Crippen molar-refractivity contribution in [1.82, 2.24) is 0 Å². The summed E-state index contributed by atoms with van der Waals surface area (Å²) in [6, 6.07) is 0. The molecule has 0 aromatic heterocycles. The lowest BCUT2D eigenvalue weighted by atomic mass is 10.0. The number of hydrogen-bond donors (Lipinski definition) is 1. The first-order valence-corrected chi connectivity index (χ1v) is 6.51. The molecule has 0 amide bonds. The molecule has 2 rings (SSSR count). The summed E-state index contributed by atoms with van der Waals surface area (Å²) in [5.74, 6) is -3.74. The van der Waals surface area contributed by atoms with Gasteiger partial charge in [0.1, 0.15) is 12.5 Å². The first kappa shape index (κ1) is 14.0. The van der Waals surface area contributed by atoms with Gasteiger partial charge < -0.3 is 14.2 Å². The maximum absolute atomic E-state index is 11.9. The van der Waals surface area contributed by atoms with Crippen molar-refractivity contribution in [2.75, 3.05) is 6.61 Å². The number of carbonyl (C=O) groups excluding carboxylic acids is 2. The minimum Gasteiger partial charge on any atom is -0.461 e. The molecule has 1 heterocycles. The second kappa shape index (κ2) is 5.71. The predicted octanol–water partition coefficient (Wildman–Crippen LogP) is 0.850. The zero-order chi connectivity index (χ0) is 13.9. The average molecular weight is 269 g/mol. The normalized spacial score (nSPS) is 31.2. The highest BCUT2D eigenvalue weighted by Gasteiger charge is 2.54. The molecular formula is C13H19NO5. The van der Waals surface area contributed by atoms with Crippen molar-refractivity contribution in [3.8, 4) is 0 Å². The molecule has 1 saturated heterocycles. The van der Waals surface area contributed by atoms with E-state index in [-0.39, 0.29) is 19.1 Å². The molecule has 1 unspecified atom stereocenters. The molecule has 0 spiro atoms. The minimum atomic E-state index is -1.69. The van der Waals surface area contributed by atoms with Crippen LogP contribution in [-0.4, -0.2) is 30.6 Å². The molecule has 6 heteroatoms. The van der Waals surface area contributed by atoms with Crippen molar-refractivity contribution in [3.63, 3.8) is 0 Å². The molecule has 6 nitrogen and oxygen atoms in total. The van der Waals surface area contributed by atoms with Crippen LogP contribution in [0.1, 0.15) is 32.1 Å². The average Bonchev–Trinajstić information content (AvgIpc) is 2.94. The Kier molecular flexibility index (Phi) is 4.21. The van der Waals surface area contributed by atoms with Gasteiger partial charge in [0.2, 0.25) is 0 Å². The summed E-state index contributed by atoms with van der Waals surface area (Å²) < 4.78 is 15.6. The Labute approximate surface area is 111 Å². The second-order valence-corrected chi connectivity index (χ2v) is 4.90. The number of carbonyl (C=O) groups is 2. The highest BCUT2D eigenvalue weighted by Crippen LogP contribution is 2.35. The highest BCUT2D eigenvalue weighted by molar-refractivity contribution is 5.84. The quantitative estimate of drug-likeness (QED) is 0.452. The third-order valence-corrected chi connectivity index (χ3v) is 3.41. The van der Waals surface area contributed by atoms with E-state index in [0.717, 1.165) is 25.7 Å². The maximum Gasteiger partial charge on any atom is 0.318 e. The number of hydrogen-bond acceptors (Lipinski definition) is 6. The molecule has 2 aliphatic rings. The molecule has 0 aromatic carbocycles. The summed E-state index contributed by atoms with van der Waals surface area (Å²) in [5.41, 5.74) is 5.95. The van der Waals surface area contributed by atoms with E-state index in [1.54, 1.807) is 0 Å². The van der Waals surface area contributed by atoms with Crippen LogP contribution in [0.4, 0.5) is 0 Å². The lowest BCUT2D eigenvalue weighted by molar-refractivity contribution is -0.246. The fourth-order valence-electron chi connectivity index (χ4n) is 2.46. The van der Waals surface area contributed by atoms with E-state index in [1.165, 1.54) is 6.08 Å². The molecule has 2 fully saturated rings. The summed E-state index contributed by atoms with van der Waals surface area (Å²) in [6.07, 6.45) is 5.12. The lowest BCUT2D eigenvalue weighted by Gasteiger charge is -2.30. The number of ether oxygens (including phenoxy) is 3. The third kappa shape index (κ3) is 3.13. The fraction of sp³-hybridized carbons (Fsp3) is 0.692. The smallest absolute Gasteiger partial charge is 0.318 e. The third-order valence-electron chi connectivity index (χ3n) is 3.41. The van der Waals surface area contributed by atoms with E-state index >= 15 is 0 Å². The van der Waals surface area contributed by atoms with Crippen LogP contribution in [0.25, 0.3) is 0 Å². The topological polar surface area (TPSA) is 87.9 Å².